The molecule has 1 rings (SSSR count). The third-order valence-electron chi connectivity index (χ3n) is 2.39. The Morgan fingerprint density at radius 1 is 1.78 bits per heavy atom. The second-order valence-corrected chi connectivity index (χ2v) is 3.25. The number of hydrogen-bond donors (Lipinski definition) is 1. The van der Waals surface area contributed by atoms with E-state index in [1.807, 2.05) is 6.92 Å². The van der Waals surface area contributed by atoms with Crippen molar-refractivity contribution in [2.75, 3.05) is 6.67 Å². The summed E-state index contributed by atoms with van der Waals surface area (Å²) < 4.78 is 12.1. The number of hydrogen-bond acceptors (Lipinski definition) is 1. The molecule has 0 amide bonds. The summed E-state index contributed by atoms with van der Waals surface area (Å²) in [5.41, 5.74) is 5.58. The van der Waals surface area contributed by atoms with Crippen LogP contribution in [0.3, 0.4) is 0 Å². The molecule has 0 aromatic heterocycles. The van der Waals surface area contributed by atoms with Gasteiger partial charge in [-0.15, -0.1) is 0 Å². The Morgan fingerprint density at radius 3 is 2.67 bits per heavy atom. The maximum Gasteiger partial charge on any atom is 0.0940 e. The van der Waals surface area contributed by atoms with E-state index in [0.717, 1.165) is 19.3 Å². The molecule has 1 aliphatic carbocycles. The molecular formula is C7H14FN. The van der Waals surface area contributed by atoms with Gasteiger partial charge in [0.25, 0.3) is 0 Å². The fourth-order valence-electron chi connectivity index (χ4n) is 1.52. The molecule has 1 nitrogen and oxygen atoms in total. The Bertz CT molecular complexity index is 101. The third-order valence-corrected chi connectivity index (χ3v) is 2.39. The first-order valence-electron chi connectivity index (χ1n) is 3.51. The molecule has 0 aromatic carbocycles. The number of halogens is 1. The molecule has 54 valence electrons. The molecule has 0 saturated heterocycles. The fraction of sp³-hybridized carbons (Fsp3) is 1.00. The van der Waals surface area contributed by atoms with Crippen molar-refractivity contribution < 1.29 is 4.39 Å². The van der Waals surface area contributed by atoms with Gasteiger partial charge in [-0.2, -0.15) is 0 Å². The van der Waals surface area contributed by atoms with Crippen LogP contribution < -0.4 is 5.73 Å². The van der Waals surface area contributed by atoms with Gasteiger partial charge in [0, 0.05) is 11.5 Å². The van der Waals surface area contributed by atoms with Crippen LogP contribution in [0.5, 0.6) is 0 Å². The van der Waals surface area contributed by atoms with Crippen molar-refractivity contribution in [1.82, 2.24) is 0 Å². The standard InChI is InChI=1S/C7H14FN/c1-7(9)4-2-3-6(7)5-8/h6H,2-5,9H2,1H3/t6-,7+/m0/s1/i8-1. The van der Waals surface area contributed by atoms with E-state index in [-0.39, 0.29) is 18.1 Å². The first-order chi connectivity index (χ1) is 4.17. The molecule has 1 saturated carbocycles. The molecule has 0 aliphatic heterocycles. The first kappa shape index (κ1) is 7.00. The van der Waals surface area contributed by atoms with Crippen molar-refractivity contribution in [2.24, 2.45) is 11.7 Å². The number of nitrogens with two attached hydrogens (primary N) is 1. The van der Waals surface area contributed by atoms with Crippen molar-refractivity contribution in [3.8, 4) is 0 Å². The zero-order valence-corrected chi connectivity index (χ0v) is 5.86. The Kier molecular flexibility index (Phi) is 1.75. The summed E-state index contributed by atoms with van der Waals surface area (Å²) in [7, 11) is 0. The lowest BCUT2D eigenvalue weighted by Crippen LogP contribution is -2.40. The maximum atomic E-state index is 12.1. The van der Waals surface area contributed by atoms with E-state index in [0.29, 0.717) is 0 Å². The van der Waals surface area contributed by atoms with Gasteiger partial charge in [-0.1, -0.05) is 6.42 Å². The van der Waals surface area contributed by atoms with Gasteiger partial charge in [-0.3, -0.25) is 4.39 Å². The van der Waals surface area contributed by atoms with Crippen LogP contribution in [0.2, 0.25) is 0 Å². The second-order valence-electron chi connectivity index (χ2n) is 3.25. The summed E-state index contributed by atoms with van der Waals surface area (Å²) in [4.78, 5) is 0. The number of rotatable bonds is 1. The minimum Gasteiger partial charge on any atom is -0.325 e. The molecule has 9 heavy (non-hydrogen) atoms. The quantitative estimate of drug-likeness (QED) is 0.571. The lowest BCUT2D eigenvalue weighted by atomic mass is 9.91. The maximum absolute atomic E-state index is 12.1. The zero-order valence-electron chi connectivity index (χ0n) is 5.86. The Morgan fingerprint density at radius 2 is 2.44 bits per heavy atom. The highest BCUT2D eigenvalue weighted by Gasteiger charge is 2.34. The molecule has 0 aromatic rings. The molecule has 0 radical (unpaired) electrons. The average molecular weight is 130 g/mol. The summed E-state index contributed by atoms with van der Waals surface area (Å²) in [5, 5.41) is 0. The van der Waals surface area contributed by atoms with E-state index in [1.54, 1.807) is 0 Å². The van der Waals surface area contributed by atoms with Gasteiger partial charge in [0.05, 0.1) is 6.67 Å². The summed E-state index contributed by atoms with van der Waals surface area (Å²) in [6, 6.07) is 0. The Balaban J connectivity index is 2.52. The van der Waals surface area contributed by atoms with Crippen LogP contribution in [0.1, 0.15) is 26.2 Å². The summed E-state index contributed by atoms with van der Waals surface area (Å²) in [6.45, 7) is 1.71. The Hall–Kier alpha value is -0.110. The van der Waals surface area contributed by atoms with Crippen LogP contribution in [-0.2, 0) is 0 Å². The van der Waals surface area contributed by atoms with Crippen LogP contribution >= 0.6 is 0 Å². The SMILES string of the molecule is C[C@@]1(N)CCC[C@H]1C[18F]. The molecule has 1 fully saturated rings. The van der Waals surface area contributed by atoms with E-state index < -0.39 is 0 Å². The monoisotopic (exact) mass is 130 g/mol. The van der Waals surface area contributed by atoms with Crippen LogP contribution in [0.4, 0.5) is 4.39 Å². The predicted molar refractivity (Wildman–Crippen MR) is 35.9 cm³/mol. The van der Waals surface area contributed by atoms with Gasteiger partial charge >= 0.3 is 0 Å². The third kappa shape index (κ3) is 1.23. The van der Waals surface area contributed by atoms with Gasteiger partial charge in [-0.05, 0) is 19.8 Å². The minimum atomic E-state index is -0.243. The molecule has 2 heteroatoms. The highest BCUT2D eigenvalue weighted by molar-refractivity contribution is 4.92. The normalized spacial score (nSPS) is 43.7. The topological polar surface area (TPSA) is 26.0 Å². The van der Waals surface area contributed by atoms with Crippen molar-refractivity contribution >= 4 is 0 Å². The lowest BCUT2D eigenvalue weighted by molar-refractivity contribution is 0.271. The molecule has 0 spiro atoms. The first-order valence-corrected chi connectivity index (χ1v) is 3.51. The summed E-state index contributed by atoms with van der Waals surface area (Å²) >= 11 is 0. The van der Waals surface area contributed by atoms with Gasteiger partial charge < -0.3 is 5.73 Å². The number of alkyl halides is 1. The summed E-state index contributed by atoms with van der Waals surface area (Å²) in [5.74, 6) is 0.123. The molecular weight excluding hydrogens is 116 g/mol. The van der Waals surface area contributed by atoms with E-state index in [1.165, 1.54) is 0 Å². The van der Waals surface area contributed by atoms with E-state index >= 15 is 0 Å². The molecule has 0 heterocycles. The molecule has 2 atom stereocenters. The van der Waals surface area contributed by atoms with E-state index in [9.17, 15) is 4.39 Å². The Labute approximate surface area is 55.4 Å². The summed E-state index contributed by atoms with van der Waals surface area (Å²) in [6.07, 6.45) is 3.06. The van der Waals surface area contributed by atoms with Gasteiger partial charge in [0.15, 0.2) is 0 Å². The van der Waals surface area contributed by atoms with Crippen LogP contribution in [-0.4, -0.2) is 12.2 Å². The van der Waals surface area contributed by atoms with E-state index in [2.05, 4.69) is 0 Å². The van der Waals surface area contributed by atoms with Crippen LogP contribution in [0.15, 0.2) is 0 Å². The van der Waals surface area contributed by atoms with Gasteiger partial charge in [0.2, 0.25) is 0 Å². The van der Waals surface area contributed by atoms with Crippen molar-refractivity contribution in [2.45, 2.75) is 31.7 Å². The molecule has 1 aliphatic rings. The highest BCUT2D eigenvalue weighted by atomic mass is 18.2. The molecule has 0 bridgehead atoms. The molecule has 0 unspecified atom stereocenters. The minimum absolute atomic E-state index is 0.123. The smallest absolute Gasteiger partial charge is 0.0940 e. The van der Waals surface area contributed by atoms with Gasteiger partial charge in [-0.25, -0.2) is 0 Å². The van der Waals surface area contributed by atoms with Crippen LogP contribution in [0.25, 0.3) is 0 Å². The molecule has 2 N–H and O–H groups in total. The van der Waals surface area contributed by atoms with Gasteiger partial charge in [0.1, 0.15) is 0 Å². The second kappa shape index (κ2) is 2.25. The average Bonchev–Trinajstić information content (AvgIpc) is 2.08. The van der Waals surface area contributed by atoms with Crippen molar-refractivity contribution in [3.05, 3.63) is 0 Å². The van der Waals surface area contributed by atoms with Crippen LogP contribution in [0, 0.1) is 5.92 Å². The van der Waals surface area contributed by atoms with Crippen molar-refractivity contribution in [3.63, 3.8) is 0 Å². The fourth-order valence-corrected chi connectivity index (χ4v) is 1.52. The largest absolute Gasteiger partial charge is 0.325 e. The predicted octanol–water partition coefficient (Wildman–Crippen LogP) is 1.47. The zero-order chi connectivity index (χ0) is 6.91. The lowest BCUT2D eigenvalue weighted by Gasteiger charge is -2.23. The van der Waals surface area contributed by atoms with Crippen molar-refractivity contribution in [1.29, 1.82) is 0 Å². The van der Waals surface area contributed by atoms with E-state index in [4.69, 9.17) is 5.73 Å². The highest BCUT2D eigenvalue weighted by Crippen LogP contribution is 2.33.